The van der Waals surface area contributed by atoms with E-state index in [0.717, 1.165) is 17.6 Å². The van der Waals surface area contributed by atoms with Crippen molar-refractivity contribution >= 4 is 28.5 Å². The number of rotatable bonds is 9. The molecule has 1 aromatic carbocycles. The van der Waals surface area contributed by atoms with Crippen molar-refractivity contribution in [2.75, 3.05) is 24.7 Å². The first-order valence-corrected chi connectivity index (χ1v) is 15.3. The van der Waals surface area contributed by atoms with Crippen molar-refractivity contribution in [3.05, 3.63) is 92.3 Å². The van der Waals surface area contributed by atoms with Gasteiger partial charge in [-0.25, -0.2) is 32.3 Å². The van der Waals surface area contributed by atoms with Crippen molar-refractivity contribution in [3.63, 3.8) is 0 Å². The molecule has 4 heterocycles. The van der Waals surface area contributed by atoms with Crippen molar-refractivity contribution in [1.29, 1.82) is 0 Å². The molecule has 256 valence electrons. The van der Waals surface area contributed by atoms with E-state index in [2.05, 4.69) is 15.3 Å². The summed E-state index contributed by atoms with van der Waals surface area (Å²) in [6.45, 7) is 6.82. The summed E-state index contributed by atoms with van der Waals surface area (Å²) in [5.41, 5.74) is -0.445. The summed E-state index contributed by atoms with van der Waals surface area (Å²) in [5, 5.41) is 12.4. The van der Waals surface area contributed by atoms with Crippen molar-refractivity contribution in [1.82, 2.24) is 24.4 Å². The predicted octanol–water partition coefficient (Wildman–Crippen LogP) is 3.63. The monoisotopic (exact) mass is 670 g/mol. The number of carboxylic acids is 1. The van der Waals surface area contributed by atoms with Gasteiger partial charge in [-0.15, -0.1) is 0 Å². The quantitative estimate of drug-likeness (QED) is 0.272. The number of aromatic nitrogens is 4. The highest BCUT2D eigenvalue weighted by Crippen LogP contribution is 2.30. The van der Waals surface area contributed by atoms with Crippen molar-refractivity contribution in [2.24, 2.45) is 7.05 Å². The molecule has 1 amide bonds. The van der Waals surface area contributed by atoms with E-state index in [1.807, 2.05) is 13.8 Å². The number of morpholine rings is 1. The molecule has 0 aliphatic carbocycles. The van der Waals surface area contributed by atoms with Crippen LogP contribution in [0.3, 0.4) is 0 Å². The number of hydrogen-bond acceptors (Lipinski definition) is 8. The third-order valence-corrected chi connectivity index (χ3v) is 7.81. The van der Waals surface area contributed by atoms with Gasteiger partial charge in [-0.1, -0.05) is 19.9 Å². The number of carboxylic acid groups (broad SMARTS) is 1. The molecule has 5 rings (SSSR count). The molecular formula is C33H37F3N6O6. The standard InChI is InChI=1S/C31H31F3N6O6.C2H6/c1-17-10-19(39-8-9-46-16-20(39)13-31(2,33)34)12-22(32)26(17)27(41)37-23(29(43)44)11-18-4-5-25(36-14-18)40-28(42)21-6-7-35-15-24(21)38(3)30(40)45;1-2/h4-7,10,12,14-15,20,23H,8-9,11,13,16H2,1-3H3,(H,37,41)(H,43,44);1-2H3/t20-,23+;/m1./s1. The van der Waals surface area contributed by atoms with Crippen LogP contribution < -0.4 is 21.5 Å². The number of hydrogen-bond donors (Lipinski definition) is 2. The normalized spacial score (nSPS) is 15.4. The third-order valence-electron chi connectivity index (χ3n) is 7.81. The Morgan fingerprint density at radius 2 is 1.90 bits per heavy atom. The van der Waals surface area contributed by atoms with E-state index in [-0.39, 0.29) is 48.5 Å². The highest BCUT2D eigenvalue weighted by atomic mass is 19.3. The number of nitrogens with zero attached hydrogens (tertiary/aromatic N) is 5. The van der Waals surface area contributed by atoms with Gasteiger partial charge in [-0.05, 0) is 49.2 Å². The molecule has 1 saturated heterocycles. The summed E-state index contributed by atoms with van der Waals surface area (Å²) < 4.78 is 50.4. The van der Waals surface area contributed by atoms with Crippen LogP contribution in [-0.2, 0) is 23.0 Å². The van der Waals surface area contributed by atoms with Crippen molar-refractivity contribution < 1.29 is 32.6 Å². The van der Waals surface area contributed by atoms with Crippen LogP contribution in [0.25, 0.3) is 16.7 Å². The topological polar surface area (TPSA) is 149 Å². The van der Waals surface area contributed by atoms with E-state index in [4.69, 9.17) is 4.74 Å². The molecule has 4 aromatic rings. The van der Waals surface area contributed by atoms with Gasteiger partial charge < -0.3 is 20.1 Å². The Balaban J connectivity index is 0.00000255. The lowest BCUT2D eigenvalue weighted by atomic mass is 10.0. The number of aliphatic carboxylic acids is 1. The summed E-state index contributed by atoms with van der Waals surface area (Å²) in [6, 6.07) is 4.70. The second-order valence-corrected chi connectivity index (χ2v) is 11.3. The zero-order valence-corrected chi connectivity index (χ0v) is 27.2. The maximum atomic E-state index is 15.4. The molecule has 2 atom stereocenters. The molecule has 0 bridgehead atoms. The molecule has 0 unspecified atom stereocenters. The lowest BCUT2D eigenvalue weighted by molar-refractivity contribution is -0.139. The van der Waals surface area contributed by atoms with Gasteiger partial charge in [0.1, 0.15) is 17.7 Å². The smallest absolute Gasteiger partial charge is 0.337 e. The van der Waals surface area contributed by atoms with Gasteiger partial charge in [0.05, 0.1) is 41.9 Å². The molecule has 1 aliphatic rings. The Kier molecular flexibility index (Phi) is 11.0. The number of halogens is 3. The van der Waals surface area contributed by atoms with E-state index >= 15 is 4.39 Å². The number of alkyl halides is 2. The zero-order chi connectivity index (χ0) is 35.3. The Labute approximate surface area is 273 Å². The fourth-order valence-corrected chi connectivity index (χ4v) is 5.59. The van der Waals surface area contributed by atoms with Crippen LogP contribution in [0.2, 0.25) is 0 Å². The number of nitrogens with one attached hydrogen (secondary N) is 1. The van der Waals surface area contributed by atoms with Crippen LogP contribution in [0.5, 0.6) is 0 Å². The summed E-state index contributed by atoms with van der Waals surface area (Å²) in [5.74, 6) is -6.27. The molecule has 1 aliphatic heterocycles. The number of amides is 1. The lowest BCUT2D eigenvalue weighted by Crippen LogP contribution is -2.48. The minimum absolute atomic E-state index is 0.00641. The maximum Gasteiger partial charge on any atom is 0.337 e. The van der Waals surface area contributed by atoms with Gasteiger partial charge in [-0.2, -0.15) is 0 Å². The molecule has 12 nitrogen and oxygen atoms in total. The third kappa shape index (κ3) is 7.73. The van der Waals surface area contributed by atoms with E-state index in [9.17, 15) is 33.1 Å². The number of carbonyl (C=O) groups is 2. The zero-order valence-electron chi connectivity index (χ0n) is 27.2. The van der Waals surface area contributed by atoms with Crippen LogP contribution in [0.15, 0.2) is 58.5 Å². The number of benzene rings is 1. The van der Waals surface area contributed by atoms with Gasteiger partial charge in [-0.3, -0.25) is 19.1 Å². The van der Waals surface area contributed by atoms with Crippen LogP contribution in [0.1, 0.15) is 48.7 Å². The van der Waals surface area contributed by atoms with Crippen LogP contribution in [0, 0.1) is 12.7 Å². The fourth-order valence-electron chi connectivity index (χ4n) is 5.59. The highest BCUT2D eigenvalue weighted by molar-refractivity contribution is 5.98. The van der Waals surface area contributed by atoms with Crippen LogP contribution in [0.4, 0.5) is 18.9 Å². The van der Waals surface area contributed by atoms with E-state index in [1.54, 1.807) is 4.90 Å². The molecule has 48 heavy (non-hydrogen) atoms. The number of pyridine rings is 2. The van der Waals surface area contributed by atoms with Crippen molar-refractivity contribution in [3.8, 4) is 5.82 Å². The molecule has 2 N–H and O–H groups in total. The predicted molar refractivity (Wildman–Crippen MR) is 173 cm³/mol. The molecule has 3 aromatic heterocycles. The van der Waals surface area contributed by atoms with Gasteiger partial charge >= 0.3 is 11.7 Å². The Hall–Kier alpha value is -5.05. The van der Waals surface area contributed by atoms with Gasteiger partial charge in [0.25, 0.3) is 11.5 Å². The number of aryl methyl sites for hydroxylation is 2. The molecule has 0 radical (unpaired) electrons. The lowest BCUT2D eigenvalue weighted by Gasteiger charge is -2.38. The second-order valence-electron chi connectivity index (χ2n) is 11.3. The molecule has 0 spiro atoms. The van der Waals surface area contributed by atoms with Gasteiger partial charge in [0, 0.05) is 44.5 Å². The number of ether oxygens (including phenoxy) is 1. The Morgan fingerprint density at radius 3 is 2.52 bits per heavy atom. The Bertz CT molecular complexity index is 1900. The highest BCUT2D eigenvalue weighted by Gasteiger charge is 2.34. The van der Waals surface area contributed by atoms with Gasteiger partial charge in [0.15, 0.2) is 0 Å². The van der Waals surface area contributed by atoms with E-state index in [1.165, 1.54) is 61.4 Å². The summed E-state index contributed by atoms with van der Waals surface area (Å²) >= 11 is 0. The van der Waals surface area contributed by atoms with E-state index < -0.39 is 53.4 Å². The summed E-state index contributed by atoms with van der Waals surface area (Å²) in [4.78, 5) is 60.9. The van der Waals surface area contributed by atoms with Crippen molar-refractivity contribution in [2.45, 2.75) is 58.5 Å². The first-order chi connectivity index (χ1) is 22.7. The largest absolute Gasteiger partial charge is 0.480 e. The average Bonchev–Trinajstić information content (AvgIpc) is 3.04. The first-order valence-electron chi connectivity index (χ1n) is 15.3. The minimum Gasteiger partial charge on any atom is -0.480 e. The van der Waals surface area contributed by atoms with Crippen LogP contribution in [-0.4, -0.2) is 73.8 Å². The molecule has 1 fully saturated rings. The fraction of sp³-hybridized carbons (Fsp3) is 0.394. The second kappa shape index (κ2) is 14.8. The van der Waals surface area contributed by atoms with Gasteiger partial charge in [0.2, 0.25) is 5.92 Å². The average molecular weight is 671 g/mol. The molecule has 0 saturated carbocycles. The maximum absolute atomic E-state index is 15.4. The molecular weight excluding hydrogens is 633 g/mol. The molecule has 15 heteroatoms. The SMILES string of the molecule is CC.Cc1cc(N2CCOC[C@H]2CC(C)(F)F)cc(F)c1C(=O)N[C@@H](Cc1ccc(-n2c(=O)c3ccncc3n(C)c2=O)nc1)C(=O)O. The van der Waals surface area contributed by atoms with Crippen LogP contribution >= 0.6 is 0 Å². The number of fused-ring (bicyclic) bond motifs is 1. The van der Waals surface area contributed by atoms with E-state index in [0.29, 0.717) is 16.8 Å². The number of carbonyl (C=O) groups excluding carboxylic acids is 1. The number of anilines is 1. The first kappa shape index (κ1) is 35.8. The summed E-state index contributed by atoms with van der Waals surface area (Å²) in [7, 11) is 1.49. The Morgan fingerprint density at radius 1 is 1.17 bits per heavy atom. The minimum atomic E-state index is -2.97. The summed E-state index contributed by atoms with van der Waals surface area (Å²) in [6.07, 6.45) is 3.36.